The zero-order valence-corrected chi connectivity index (χ0v) is 13.9. The number of rotatable bonds is 4. The summed E-state index contributed by atoms with van der Waals surface area (Å²) >= 11 is 0. The van der Waals surface area contributed by atoms with Gasteiger partial charge >= 0.3 is 0 Å². The van der Waals surface area contributed by atoms with Crippen LogP contribution in [-0.4, -0.2) is 29.3 Å². The Bertz CT molecular complexity index is 722. The van der Waals surface area contributed by atoms with E-state index in [1.54, 1.807) is 6.33 Å². The first-order valence-corrected chi connectivity index (χ1v) is 8.59. The summed E-state index contributed by atoms with van der Waals surface area (Å²) in [6, 6.07) is 8.40. The predicted molar refractivity (Wildman–Crippen MR) is 93.2 cm³/mol. The van der Waals surface area contributed by atoms with Crippen molar-refractivity contribution in [2.45, 2.75) is 38.6 Å². The SMILES string of the molecule is CCC1CCCCN1c1cc(Nc2ccc3c(c2)OCO3)ncn1. The zero-order chi connectivity index (χ0) is 16.4. The third kappa shape index (κ3) is 2.96. The van der Waals surface area contributed by atoms with Crippen molar-refractivity contribution in [3.8, 4) is 11.5 Å². The van der Waals surface area contributed by atoms with Crippen LogP contribution in [0.25, 0.3) is 0 Å². The molecule has 1 atom stereocenters. The molecule has 4 rings (SSSR count). The van der Waals surface area contributed by atoms with E-state index < -0.39 is 0 Å². The largest absolute Gasteiger partial charge is 0.454 e. The molecule has 1 unspecified atom stereocenters. The zero-order valence-electron chi connectivity index (χ0n) is 13.9. The molecule has 0 spiro atoms. The highest BCUT2D eigenvalue weighted by Gasteiger charge is 2.22. The fourth-order valence-electron chi connectivity index (χ4n) is 3.42. The number of anilines is 3. The van der Waals surface area contributed by atoms with E-state index in [-0.39, 0.29) is 6.79 Å². The summed E-state index contributed by atoms with van der Waals surface area (Å²) in [4.78, 5) is 11.3. The van der Waals surface area contributed by atoms with Gasteiger partial charge in [-0.25, -0.2) is 9.97 Å². The van der Waals surface area contributed by atoms with Crippen LogP contribution in [0.3, 0.4) is 0 Å². The second kappa shape index (κ2) is 6.55. The van der Waals surface area contributed by atoms with Gasteiger partial charge < -0.3 is 19.7 Å². The fraction of sp³-hybridized carbons (Fsp3) is 0.444. The molecule has 126 valence electrons. The average Bonchev–Trinajstić information content (AvgIpc) is 3.10. The highest BCUT2D eigenvalue weighted by Crippen LogP contribution is 2.35. The number of nitrogens with zero attached hydrogens (tertiary/aromatic N) is 3. The molecule has 1 N–H and O–H groups in total. The Morgan fingerprint density at radius 1 is 1.17 bits per heavy atom. The predicted octanol–water partition coefficient (Wildman–Crippen LogP) is 3.72. The van der Waals surface area contributed by atoms with Gasteiger partial charge in [0.15, 0.2) is 11.5 Å². The van der Waals surface area contributed by atoms with Crippen LogP contribution in [0.5, 0.6) is 11.5 Å². The maximum atomic E-state index is 5.42. The third-order valence-corrected chi connectivity index (χ3v) is 4.69. The molecule has 1 fully saturated rings. The molecule has 0 amide bonds. The smallest absolute Gasteiger partial charge is 0.231 e. The molecule has 0 bridgehead atoms. The molecule has 2 aliphatic heterocycles. The number of benzene rings is 1. The number of hydrogen-bond acceptors (Lipinski definition) is 6. The van der Waals surface area contributed by atoms with Crippen molar-refractivity contribution in [3.05, 3.63) is 30.6 Å². The molecule has 1 saturated heterocycles. The monoisotopic (exact) mass is 326 g/mol. The lowest BCUT2D eigenvalue weighted by molar-refractivity contribution is 0.174. The third-order valence-electron chi connectivity index (χ3n) is 4.69. The Labute approximate surface area is 141 Å². The molecule has 3 heterocycles. The van der Waals surface area contributed by atoms with Crippen LogP contribution < -0.4 is 19.7 Å². The van der Waals surface area contributed by atoms with Crippen molar-refractivity contribution in [2.75, 3.05) is 23.6 Å². The Morgan fingerprint density at radius 2 is 2.08 bits per heavy atom. The van der Waals surface area contributed by atoms with Gasteiger partial charge in [0.25, 0.3) is 0 Å². The van der Waals surface area contributed by atoms with Gasteiger partial charge in [0.05, 0.1) is 0 Å². The number of fused-ring (bicyclic) bond motifs is 1. The van der Waals surface area contributed by atoms with Crippen molar-refractivity contribution in [1.29, 1.82) is 0 Å². The Morgan fingerprint density at radius 3 is 3.00 bits per heavy atom. The highest BCUT2D eigenvalue weighted by molar-refractivity contribution is 5.63. The molecule has 2 aliphatic rings. The number of ether oxygens (including phenoxy) is 2. The molecule has 6 nitrogen and oxygen atoms in total. The van der Waals surface area contributed by atoms with Crippen LogP contribution in [0.2, 0.25) is 0 Å². The number of piperidine rings is 1. The quantitative estimate of drug-likeness (QED) is 0.924. The molecule has 1 aromatic heterocycles. The summed E-state index contributed by atoms with van der Waals surface area (Å²) in [6.45, 7) is 3.60. The van der Waals surface area contributed by atoms with Crippen LogP contribution >= 0.6 is 0 Å². The van der Waals surface area contributed by atoms with Crippen LogP contribution in [0.15, 0.2) is 30.6 Å². The summed E-state index contributed by atoms with van der Waals surface area (Å²) in [5.74, 6) is 3.33. The van der Waals surface area contributed by atoms with Crippen molar-refractivity contribution in [2.24, 2.45) is 0 Å². The maximum absolute atomic E-state index is 5.42. The van der Waals surface area contributed by atoms with Crippen LogP contribution in [0, 0.1) is 0 Å². The number of aromatic nitrogens is 2. The standard InChI is InChI=1S/C18H22N4O2/c1-2-14-5-3-4-8-22(14)18-10-17(19-11-20-18)21-13-6-7-15-16(9-13)24-12-23-15/h6-7,9-11,14H,2-5,8,12H2,1H3,(H,19,20,21). The van der Waals surface area contributed by atoms with Crippen LogP contribution in [0.1, 0.15) is 32.6 Å². The molecule has 1 aromatic carbocycles. The first-order chi connectivity index (χ1) is 11.8. The van der Waals surface area contributed by atoms with Crippen LogP contribution in [0.4, 0.5) is 17.3 Å². The van der Waals surface area contributed by atoms with Gasteiger partial charge in [-0.15, -0.1) is 0 Å². The molecule has 0 saturated carbocycles. The minimum Gasteiger partial charge on any atom is -0.454 e. The molecule has 24 heavy (non-hydrogen) atoms. The number of hydrogen-bond donors (Lipinski definition) is 1. The fourth-order valence-corrected chi connectivity index (χ4v) is 3.42. The van der Waals surface area contributed by atoms with Crippen molar-refractivity contribution >= 4 is 17.3 Å². The minimum atomic E-state index is 0.282. The van der Waals surface area contributed by atoms with E-state index >= 15 is 0 Å². The topological polar surface area (TPSA) is 59.5 Å². The van der Waals surface area contributed by atoms with Gasteiger partial charge in [-0.1, -0.05) is 6.92 Å². The highest BCUT2D eigenvalue weighted by atomic mass is 16.7. The molecule has 0 aliphatic carbocycles. The van der Waals surface area contributed by atoms with Gasteiger partial charge in [-0.3, -0.25) is 0 Å². The van der Waals surface area contributed by atoms with Crippen LogP contribution in [-0.2, 0) is 0 Å². The minimum absolute atomic E-state index is 0.282. The second-order valence-corrected chi connectivity index (χ2v) is 6.21. The lowest BCUT2D eigenvalue weighted by Gasteiger charge is -2.36. The van der Waals surface area contributed by atoms with Gasteiger partial charge in [-0.2, -0.15) is 0 Å². The summed E-state index contributed by atoms with van der Waals surface area (Å²) < 4.78 is 10.8. The maximum Gasteiger partial charge on any atom is 0.231 e. The van der Waals surface area contributed by atoms with Crippen molar-refractivity contribution < 1.29 is 9.47 Å². The normalized spacial score (nSPS) is 19.4. The van der Waals surface area contributed by atoms with E-state index in [9.17, 15) is 0 Å². The van der Waals surface area contributed by atoms with E-state index in [1.165, 1.54) is 19.3 Å². The van der Waals surface area contributed by atoms with E-state index in [1.807, 2.05) is 24.3 Å². The molecule has 0 radical (unpaired) electrons. The van der Waals surface area contributed by atoms with Gasteiger partial charge in [-0.05, 0) is 37.8 Å². The van der Waals surface area contributed by atoms with E-state index in [0.29, 0.717) is 6.04 Å². The van der Waals surface area contributed by atoms with E-state index in [2.05, 4.69) is 27.1 Å². The molecule has 2 aromatic rings. The lowest BCUT2D eigenvalue weighted by Crippen LogP contribution is -2.39. The second-order valence-electron chi connectivity index (χ2n) is 6.21. The first-order valence-electron chi connectivity index (χ1n) is 8.59. The summed E-state index contributed by atoms with van der Waals surface area (Å²) in [7, 11) is 0. The number of nitrogens with one attached hydrogen (secondary N) is 1. The molecule has 6 heteroatoms. The Balaban J connectivity index is 1.54. The van der Waals surface area contributed by atoms with E-state index in [0.717, 1.165) is 41.8 Å². The van der Waals surface area contributed by atoms with Gasteiger partial charge in [0.2, 0.25) is 6.79 Å². The van der Waals surface area contributed by atoms with Gasteiger partial charge in [0.1, 0.15) is 18.0 Å². The average molecular weight is 326 g/mol. The van der Waals surface area contributed by atoms with Gasteiger partial charge in [0, 0.05) is 30.4 Å². The summed E-state index contributed by atoms with van der Waals surface area (Å²) in [5, 5.41) is 3.33. The Kier molecular flexibility index (Phi) is 4.11. The summed E-state index contributed by atoms with van der Waals surface area (Å²) in [6.07, 6.45) is 6.56. The molecular weight excluding hydrogens is 304 g/mol. The first kappa shape index (κ1) is 15.1. The Hall–Kier alpha value is -2.50. The lowest BCUT2D eigenvalue weighted by atomic mass is 10.0. The van der Waals surface area contributed by atoms with E-state index in [4.69, 9.17) is 9.47 Å². The molecular formula is C18H22N4O2. The van der Waals surface area contributed by atoms with Crippen molar-refractivity contribution in [3.63, 3.8) is 0 Å². The van der Waals surface area contributed by atoms with Crippen molar-refractivity contribution in [1.82, 2.24) is 9.97 Å². The summed E-state index contributed by atoms with van der Waals surface area (Å²) in [5.41, 5.74) is 0.926.